The molecule has 0 aromatic rings. The van der Waals surface area contributed by atoms with Crippen LogP contribution in [-0.4, -0.2) is 38.1 Å². The van der Waals surface area contributed by atoms with Crippen LogP contribution in [0.4, 0.5) is 0 Å². The average molecular weight is 412 g/mol. The average Bonchev–Trinajstić information content (AvgIpc) is 2.60. The van der Waals surface area contributed by atoms with Gasteiger partial charge in [-0.1, -0.05) is 78.6 Å². The molecule has 2 unspecified atom stereocenters. The second-order valence-corrected chi connectivity index (χ2v) is 14.2. The van der Waals surface area contributed by atoms with E-state index < -0.39 is 14.4 Å². The molecule has 0 aromatic carbocycles. The van der Waals surface area contributed by atoms with E-state index >= 15 is 0 Å². The molecule has 0 heterocycles. The Morgan fingerprint density at radius 3 is 2.11 bits per heavy atom. The van der Waals surface area contributed by atoms with E-state index in [2.05, 4.69) is 52.0 Å². The maximum absolute atomic E-state index is 12.5. The van der Waals surface area contributed by atoms with E-state index in [4.69, 9.17) is 10.8 Å². The van der Waals surface area contributed by atoms with Crippen molar-refractivity contribution in [2.24, 2.45) is 0 Å². The van der Waals surface area contributed by atoms with E-state index in [0.717, 1.165) is 38.5 Å². The summed E-state index contributed by atoms with van der Waals surface area (Å²) in [6.07, 6.45) is 14.8. The Morgan fingerprint density at radius 1 is 1.07 bits per heavy atom. The maximum atomic E-state index is 12.5. The van der Waals surface area contributed by atoms with Crippen molar-refractivity contribution >= 4 is 14.2 Å². The molecule has 0 saturated carbocycles. The molecule has 0 saturated heterocycles. The van der Waals surface area contributed by atoms with E-state index in [9.17, 15) is 9.90 Å². The van der Waals surface area contributed by atoms with Crippen LogP contribution in [0.25, 0.3) is 0 Å². The smallest absolute Gasteiger partial charge is 0.248 e. The number of rotatable bonds is 15. The van der Waals surface area contributed by atoms with Gasteiger partial charge in [-0.05, 0) is 37.4 Å². The molecule has 0 aromatic heterocycles. The molecule has 2 N–H and O–H groups in total. The van der Waals surface area contributed by atoms with Crippen LogP contribution in [0.3, 0.4) is 0 Å². The largest absolute Gasteiger partial charge is 0.405 e. The number of hydrogen-bond donors (Lipinski definition) is 2. The number of aliphatic hydroxyl groups is 1. The molecule has 4 nitrogen and oxygen atoms in total. The van der Waals surface area contributed by atoms with Crippen LogP contribution < -0.4 is 5.32 Å². The van der Waals surface area contributed by atoms with Crippen molar-refractivity contribution in [2.75, 3.05) is 6.54 Å². The number of nitrogens with one attached hydrogen (secondary N) is 1. The summed E-state index contributed by atoms with van der Waals surface area (Å²) in [5.41, 5.74) is 0. The SMILES string of the molecule is C#CCNC(=O)C(CCCCCC(O)CCCCCC)O[Si](C)(C)C(C)(C)C. The van der Waals surface area contributed by atoms with Crippen molar-refractivity contribution in [3.05, 3.63) is 0 Å². The van der Waals surface area contributed by atoms with Gasteiger partial charge in [-0.25, -0.2) is 0 Å². The molecule has 164 valence electrons. The van der Waals surface area contributed by atoms with Crippen molar-refractivity contribution in [1.29, 1.82) is 0 Å². The summed E-state index contributed by atoms with van der Waals surface area (Å²) in [7, 11) is -2.03. The van der Waals surface area contributed by atoms with Crippen LogP contribution >= 0.6 is 0 Å². The molecular formula is C23H45NO3Si. The third-order valence-corrected chi connectivity index (χ3v) is 10.3. The van der Waals surface area contributed by atoms with E-state index in [1.165, 1.54) is 19.3 Å². The summed E-state index contributed by atoms with van der Waals surface area (Å²) in [6, 6.07) is 0. The van der Waals surface area contributed by atoms with Crippen molar-refractivity contribution in [2.45, 2.75) is 122 Å². The van der Waals surface area contributed by atoms with E-state index in [1.807, 2.05) is 0 Å². The van der Waals surface area contributed by atoms with E-state index in [1.54, 1.807) is 0 Å². The highest BCUT2D eigenvalue weighted by atomic mass is 28.4. The third-order valence-electron chi connectivity index (χ3n) is 5.79. The molecule has 0 fully saturated rings. The van der Waals surface area contributed by atoms with Gasteiger partial charge in [0.05, 0.1) is 12.6 Å². The first-order chi connectivity index (χ1) is 13.0. The molecule has 0 rings (SSSR count). The molecule has 0 radical (unpaired) electrons. The zero-order chi connectivity index (χ0) is 21.6. The van der Waals surface area contributed by atoms with Gasteiger partial charge in [-0.2, -0.15) is 0 Å². The second-order valence-electron chi connectivity index (χ2n) is 9.43. The number of aliphatic hydroxyl groups excluding tert-OH is 1. The Balaban J connectivity index is 4.39. The number of hydrogen-bond acceptors (Lipinski definition) is 3. The fourth-order valence-electron chi connectivity index (χ4n) is 2.87. The summed E-state index contributed by atoms with van der Waals surface area (Å²) in [5, 5.41) is 12.9. The number of amides is 1. The summed E-state index contributed by atoms with van der Waals surface area (Å²) in [5.74, 6) is 2.36. The summed E-state index contributed by atoms with van der Waals surface area (Å²) >= 11 is 0. The quantitative estimate of drug-likeness (QED) is 0.215. The van der Waals surface area contributed by atoms with Gasteiger partial charge in [0.15, 0.2) is 8.32 Å². The Hall–Kier alpha value is -0.833. The molecule has 28 heavy (non-hydrogen) atoms. The third kappa shape index (κ3) is 11.9. The highest BCUT2D eigenvalue weighted by molar-refractivity contribution is 6.74. The first kappa shape index (κ1) is 27.2. The van der Waals surface area contributed by atoms with Gasteiger partial charge in [0.2, 0.25) is 5.91 Å². The zero-order valence-electron chi connectivity index (χ0n) is 19.3. The molecule has 0 aliphatic heterocycles. The number of carbonyl (C=O) groups is 1. The highest BCUT2D eigenvalue weighted by Gasteiger charge is 2.40. The molecule has 2 atom stereocenters. The van der Waals surface area contributed by atoms with Gasteiger partial charge >= 0.3 is 0 Å². The minimum Gasteiger partial charge on any atom is -0.405 e. The minimum absolute atomic E-state index is 0.0551. The normalized spacial score (nSPS) is 14.4. The predicted molar refractivity (Wildman–Crippen MR) is 122 cm³/mol. The molecule has 0 bridgehead atoms. The summed E-state index contributed by atoms with van der Waals surface area (Å²) in [6.45, 7) is 13.3. The predicted octanol–water partition coefficient (Wildman–Crippen LogP) is 5.41. The number of unbranched alkanes of at least 4 members (excludes halogenated alkanes) is 5. The first-order valence-electron chi connectivity index (χ1n) is 11.1. The van der Waals surface area contributed by atoms with Crippen LogP contribution in [0.5, 0.6) is 0 Å². The first-order valence-corrected chi connectivity index (χ1v) is 14.0. The molecule has 5 heteroatoms. The van der Waals surface area contributed by atoms with Crippen LogP contribution in [0.15, 0.2) is 0 Å². The van der Waals surface area contributed by atoms with Gasteiger partial charge in [-0.3, -0.25) is 4.79 Å². The maximum Gasteiger partial charge on any atom is 0.248 e. The van der Waals surface area contributed by atoms with Gasteiger partial charge in [-0.15, -0.1) is 6.42 Å². The van der Waals surface area contributed by atoms with Crippen molar-refractivity contribution in [3.63, 3.8) is 0 Å². The van der Waals surface area contributed by atoms with Crippen LogP contribution in [0, 0.1) is 12.3 Å². The van der Waals surface area contributed by atoms with Crippen LogP contribution in [0.2, 0.25) is 18.1 Å². The Kier molecular flexibility index (Phi) is 13.8. The standard InChI is InChI=1S/C23H45NO3Si/c1-8-10-11-13-16-20(25)17-14-12-15-18-21(22(26)24-19-9-2)27-28(6,7)23(3,4)5/h2,20-21,25H,8,10-19H2,1,3-7H3,(H,24,26). The Bertz CT molecular complexity index is 465. The number of carbonyl (C=O) groups excluding carboxylic acids is 1. The molecule has 0 aliphatic rings. The fraction of sp³-hybridized carbons (Fsp3) is 0.870. The molecular weight excluding hydrogens is 366 g/mol. The van der Waals surface area contributed by atoms with Crippen LogP contribution in [0.1, 0.15) is 91.9 Å². The Labute approximate surface area is 175 Å². The molecule has 0 spiro atoms. The van der Waals surface area contributed by atoms with Crippen molar-refractivity contribution < 1.29 is 14.3 Å². The van der Waals surface area contributed by atoms with Gasteiger partial charge in [0, 0.05) is 0 Å². The van der Waals surface area contributed by atoms with Gasteiger partial charge < -0.3 is 14.8 Å². The summed E-state index contributed by atoms with van der Waals surface area (Å²) in [4.78, 5) is 12.5. The lowest BCUT2D eigenvalue weighted by molar-refractivity contribution is -0.128. The van der Waals surface area contributed by atoms with Crippen LogP contribution in [-0.2, 0) is 9.22 Å². The van der Waals surface area contributed by atoms with Gasteiger partial charge in [0.1, 0.15) is 6.10 Å². The lowest BCUT2D eigenvalue weighted by Gasteiger charge is -2.38. The minimum atomic E-state index is -2.03. The molecule has 0 aliphatic carbocycles. The van der Waals surface area contributed by atoms with Gasteiger partial charge in [0.25, 0.3) is 0 Å². The lowest BCUT2D eigenvalue weighted by Crippen LogP contribution is -2.48. The van der Waals surface area contributed by atoms with E-state index in [-0.39, 0.29) is 23.6 Å². The fourth-order valence-corrected chi connectivity index (χ4v) is 4.16. The van der Waals surface area contributed by atoms with Crippen molar-refractivity contribution in [3.8, 4) is 12.3 Å². The topological polar surface area (TPSA) is 58.6 Å². The number of terminal acetylenes is 1. The van der Waals surface area contributed by atoms with E-state index in [0.29, 0.717) is 6.42 Å². The molecule has 1 amide bonds. The Morgan fingerprint density at radius 2 is 1.61 bits per heavy atom. The monoisotopic (exact) mass is 411 g/mol. The van der Waals surface area contributed by atoms with Crippen molar-refractivity contribution in [1.82, 2.24) is 5.32 Å². The summed E-state index contributed by atoms with van der Waals surface area (Å²) < 4.78 is 6.37. The second kappa shape index (κ2) is 14.2. The zero-order valence-corrected chi connectivity index (χ0v) is 20.3. The lowest BCUT2D eigenvalue weighted by atomic mass is 10.0. The highest BCUT2D eigenvalue weighted by Crippen LogP contribution is 2.37.